The fourth-order valence-corrected chi connectivity index (χ4v) is 4.63. The Morgan fingerprint density at radius 1 is 1.22 bits per heavy atom. The Bertz CT molecular complexity index is 1030. The summed E-state index contributed by atoms with van der Waals surface area (Å²) in [5, 5.41) is 5.83. The van der Waals surface area contributed by atoms with Crippen molar-refractivity contribution in [1.82, 2.24) is 25.1 Å². The first-order valence-electron chi connectivity index (χ1n) is 11.0. The standard InChI is InChI=1S/C23H28FN5O3/c1-3-29-21(31)19-18(20(30)25-12-15-8-10-16(24)11-9-15)26-14-28(19)13-23(29,2)22(32)27-17-6-4-5-7-17/h8-11,14,17H,3-7,12-13H2,1-2H3,(H,25,30)(H,27,32)/t23-/m1/s1. The van der Waals surface area contributed by atoms with Crippen molar-refractivity contribution in [3.05, 3.63) is 53.4 Å². The largest absolute Gasteiger partial charge is 0.351 e. The van der Waals surface area contributed by atoms with Crippen LogP contribution < -0.4 is 10.6 Å². The van der Waals surface area contributed by atoms with Crippen molar-refractivity contribution in [2.45, 2.75) is 64.2 Å². The lowest BCUT2D eigenvalue weighted by atomic mass is 9.94. The second-order valence-corrected chi connectivity index (χ2v) is 8.66. The third-order valence-corrected chi connectivity index (χ3v) is 6.44. The normalized spacial score (nSPS) is 20.8. The molecule has 9 heteroatoms. The molecule has 1 fully saturated rings. The van der Waals surface area contributed by atoms with E-state index in [1.54, 1.807) is 23.6 Å². The molecule has 2 aromatic rings. The van der Waals surface area contributed by atoms with E-state index < -0.39 is 17.4 Å². The van der Waals surface area contributed by atoms with Gasteiger partial charge in [0.15, 0.2) is 5.69 Å². The SMILES string of the molecule is CCN1C(=O)c2c(C(=O)NCc3ccc(F)cc3)ncn2C[C@]1(C)C(=O)NC1CCCC1. The number of hydrogen-bond acceptors (Lipinski definition) is 4. The first-order chi connectivity index (χ1) is 15.3. The maximum Gasteiger partial charge on any atom is 0.273 e. The topological polar surface area (TPSA) is 96.3 Å². The van der Waals surface area contributed by atoms with Gasteiger partial charge in [0.2, 0.25) is 5.91 Å². The predicted octanol–water partition coefficient (Wildman–Crippen LogP) is 2.25. The Morgan fingerprint density at radius 3 is 2.56 bits per heavy atom. The van der Waals surface area contributed by atoms with Crippen LogP contribution in [0.4, 0.5) is 4.39 Å². The number of carbonyl (C=O) groups excluding carboxylic acids is 3. The Balaban J connectivity index is 1.53. The molecular formula is C23H28FN5O3. The fraction of sp³-hybridized carbons (Fsp3) is 0.478. The average Bonchev–Trinajstić information content (AvgIpc) is 3.43. The minimum absolute atomic E-state index is 0.0220. The molecule has 0 bridgehead atoms. The number of imidazole rings is 1. The lowest BCUT2D eigenvalue weighted by molar-refractivity contribution is -0.133. The van der Waals surface area contributed by atoms with E-state index in [1.807, 2.05) is 6.92 Å². The first kappa shape index (κ1) is 22.0. The Hall–Kier alpha value is -3.23. The van der Waals surface area contributed by atoms with E-state index in [0.717, 1.165) is 31.2 Å². The average molecular weight is 442 g/mol. The smallest absolute Gasteiger partial charge is 0.273 e. The van der Waals surface area contributed by atoms with Gasteiger partial charge in [-0.3, -0.25) is 14.4 Å². The minimum Gasteiger partial charge on any atom is -0.351 e. The lowest BCUT2D eigenvalue weighted by Crippen LogP contribution is -2.64. The first-order valence-corrected chi connectivity index (χ1v) is 11.0. The summed E-state index contributed by atoms with van der Waals surface area (Å²) in [7, 11) is 0. The van der Waals surface area contributed by atoms with Crippen molar-refractivity contribution < 1.29 is 18.8 Å². The second kappa shape index (κ2) is 8.72. The summed E-state index contributed by atoms with van der Waals surface area (Å²) in [4.78, 5) is 45.0. The van der Waals surface area contributed by atoms with Crippen LogP contribution in [0.15, 0.2) is 30.6 Å². The van der Waals surface area contributed by atoms with Gasteiger partial charge in [0.1, 0.15) is 17.1 Å². The minimum atomic E-state index is -1.07. The van der Waals surface area contributed by atoms with E-state index in [0.29, 0.717) is 6.54 Å². The molecule has 0 unspecified atom stereocenters. The fourth-order valence-electron chi connectivity index (χ4n) is 4.63. The quantitative estimate of drug-likeness (QED) is 0.719. The van der Waals surface area contributed by atoms with Gasteiger partial charge in [-0.2, -0.15) is 0 Å². The number of nitrogens with one attached hydrogen (secondary N) is 2. The van der Waals surface area contributed by atoms with Gasteiger partial charge < -0.3 is 20.1 Å². The molecule has 8 nitrogen and oxygen atoms in total. The molecule has 1 aromatic carbocycles. The molecule has 3 amide bonds. The monoisotopic (exact) mass is 441 g/mol. The van der Waals surface area contributed by atoms with Gasteiger partial charge in [0, 0.05) is 19.1 Å². The van der Waals surface area contributed by atoms with Crippen molar-refractivity contribution in [1.29, 1.82) is 0 Å². The van der Waals surface area contributed by atoms with Crippen molar-refractivity contribution in [3.8, 4) is 0 Å². The van der Waals surface area contributed by atoms with Crippen molar-refractivity contribution in [2.75, 3.05) is 6.54 Å². The van der Waals surface area contributed by atoms with Crippen LogP contribution in [-0.4, -0.2) is 50.3 Å². The number of hydrogen-bond donors (Lipinski definition) is 2. The highest BCUT2D eigenvalue weighted by Gasteiger charge is 2.48. The summed E-state index contributed by atoms with van der Waals surface area (Å²) >= 11 is 0. The van der Waals surface area contributed by atoms with Crippen LogP contribution in [0.3, 0.4) is 0 Å². The van der Waals surface area contributed by atoms with Gasteiger partial charge in [-0.15, -0.1) is 0 Å². The number of aromatic nitrogens is 2. The summed E-state index contributed by atoms with van der Waals surface area (Å²) in [6.45, 7) is 4.31. The summed E-state index contributed by atoms with van der Waals surface area (Å²) < 4.78 is 14.7. The van der Waals surface area contributed by atoms with Crippen molar-refractivity contribution in [2.24, 2.45) is 0 Å². The summed E-state index contributed by atoms with van der Waals surface area (Å²) in [5.41, 5.74) is -0.141. The molecule has 1 aliphatic heterocycles. The number of rotatable bonds is 6. The highest BCUT2D eigenvalue weighted by atomic mass is 19.1. The number of benzene rings is 1. The van der Waals surface area contributed by atoms with Crippen LogP contribution in [0.2, 0.25) is 0 Å². The number of amides is 3. The molecule has 0 spiro atoms. The van der Waals surface area contributed by atoms with Gasteiger partial charge in [0.25, 0.3) is 11.8 Å². The maximum atomic E-state index is 13.4. The third kappa shape index (κ3) is 3.99. The number of halogens is 1. The van der Waals surface area contributed by atoms with E-state index in [9.17, 15) is 18.8 Å². The number of nitrogens with zero attached hydrogens (tertiary/aromatic N) is 3. The maximum absolute atomic E-state index is 13.4. The van der Waals surface area contributed by atoms with Crippen LogP contribution in [0.25, 0.3) is 0 Å². The Kier molecular flexibility index (Phi) is 5.99. The van der Waals surface area contributed by atoms with E-state index in [2.05, 4.69) is 15.6 Å². The van der Waals surface area contributed by atoms with Crippen molar-refractivity contribution in [3.63, 3.8) is 0 Å². The highest BCUT2D eigenvalue weighted by molar-refractivity contribution is 6.07. The molecule has 1 atom stereocenters. The zero-order valence-corrected chi connectivity index (χ0v) is 18.4. The predicted molar refractivity (Wildman–Crippen MR) is 115 cm³/mol. The molecule has 4 rings (SSSR count). The van der Waals surface area contributed by atoms with Gasteiger partial charge in [-0.25, -0.2) is 9.37 Å². The zero-order chi connectivity index (χ0) is 22.9. The molecular weight excluding hydrogens is 413 g/mol. The van der Waals surface area contributed by atoms with Crippen LogP contribution in [0.1, 0.15) is 66.1 Å². The van der Waals surface area contributed by atoms with Crippen LogP contribution in [0, 0.1) is 5.82 Å². The summed E-state index contributed by atoms with van der Waals surface area (Å²) in [5.74, 6) is -1.42. The van der Waals surface area contributed by atoms with E-state index >= 15 is 0 Å². The lowest BCUT2D eigenvalue weighted by Gasteiger charge is -2.43. The van der Waals surface area contributed by atoms with Crippen LogP contribution in [0.5, 0.6) is 0 Å². The molecule has 32 heavy (non-hydrogen) atoms. The molecule has 2 heterocycles. The number of likely N-dealkylation sites (N-methyl/N-ethyl adjacent to an activating group) is 1. The molecule has 170 valence electrons. The van der Waals surface area contributed by atoms with Crippen LogP contribution >= 0.6 is 0 Å². The molecule has 1 aromatic heterocycles. The van der Waals surface area contributed by atoms with Crippen LogP contribution in [-0.2, 0) is 17.9 Å². The van der Waals surface area contributed by atoms with Gasteiger partial charge in [0.05, 0.1) is 12.9 Å². The third-order valence-electron chi connectivity index (χ3n) is 6.44. The van der Waals surface area contributed by atoms with E-state index in [1.165, 1.54) is 23.4 Å². The molecule has 0 radical (unpaired) electrons. The van der Waals surface area contributed by atoms with E-state index in [-0.39, 0.29) is 42.2 Å². The van der Waals surface area contributed by atoms with Crippen molar-refractivity contribution >= 4 is 17.7 Å². The number of carbonyl (C=O) groups is 3. The zero-order valence-electron chi connectivity index (χ0n) is 18.4. The second-order valence-electron chi connectivity index (χ2n) is 8.66. The van der Waals surface area contributed by atoms with Gasteiger partial charge in [-0.1, -0.05) is 25.0 Å². The van der Waals surface area contributed by atoms with E-state index in [4.69, 9.17) is 0 Å². The Labute approximate surface area is 186 Å². The molecule has 2 aliphatic rings. The molecule has 2 N–H and O–H groups in total. The summed E-state index contributed by atoms with van der Waals surface area (Å²) in [6, 6.07) is 5.94. The van der Waals surface area contributed by atoms with Gasteiger partial charge >= 0.3 is 0 Å². The number of fused-ring (bicyclic) bond motifs is 1. The molecule has 1 saturated carbocycles. The molecule has 1 aliphatic carbocycles. The highest BCUT2D eigenvalue weighted by Crippen LogP contribution is 2.29. The molecule has 0 saturated heterocycles. The van der Waals surface area contributed by atoms with Gasteiger partial charge in [-0.05, 0) is 44.4 Å². The summed E-state index contributed by atoms with van der Waals surface area (Å²) in [6.07, 6.45) is 5.54. The Morgan fingerprint density at radius 2 is 1.91 bits per heavy atom.